The van der Waals surface area contributed by atoms with Crippen LogP contribution in [0.1, 0.15) is 31.2 Å². The van der Waals surface area contributed by atoms with Gasteiger partial charge >= 0.3 is 0 Å². The zero-order valence-corrected chi connectivity index (χ0v) is 20.0. The highest BCUT2D eigenvalue weighted by Crippen LogP contribution is 2.41. The van der Waals surface area contributed by atoms with E-state index in [1.54, 1.807) is 25.3 Å². The molecule has 35 heavy (non-hydrogen) atoms. The van der Waals surface area contributed by atoms with Gasteiger partial charge in [-0.25, -0.2) is 22.0 Å². The number of benzene rings is 3. The number of hydrogen-bond acceptors (Lipinski definition) is 1. The number of alkyl halides is 2. The average Bonchev–Trinajstić information content (AvgIpc) is 2.81. The highest BCUT2D eigenvalue weighted by atomic mass is 35.5. The van der Waals surface area contributed by atoms with Crippen LogP contribution in [0.15, 0.2) is 54.6 Å². The summed E-state index contributed by atoms with van der Waals surface area (Å²) in [6, 6.07) is 12.6. The van der Waals surface area contributed by atoms with Gasteiger partial charge in [-0.3, -0.25) is 0 Å². The smallest absolute Gasteiger partial charge is 0.254 e. The van der Waals surface area contributed by atoms with Crippen molar-refractivity contribution in [1.82, 2.24) is 0 Å². The minimum Gasteiger partial charge on any atom is -0.384 e. The van der Waals surface area contributed by atoms with Gasteiger partial charge in [-0.2, -0.15) is 0 Å². The molecule has 1 saturated carbocycles. The van der Waals surface area contributed by atoms with Crippen molar-refractivity contribution in [1.29, 1.82) is 0 Å². The monoisotopic (exact) mass is 508 g/mol. The Morgan fingerprint density at radius 3 is 1.94 bits per heavy atom. The standard InChI is InChI=1S/C28H26ClF5O/c1-35-16-17-2-9-22(10-3-17)28(33,34)15-18-12-25(31)27(26(32)13-18)20-6-4-19(5-7-20)21-8-11-23(29)24(30)14-21/h4-8,11-14,17,22H,2-3,9-10,15-16H2,1H3. The van der Waals surface area contributed by atoms with Crippen molar-refractivity contribution in [2.75, 3.05) is 13.7 Å². The lowest BCUT2D eigenvalue weighted by atomic mass is 9.78. The Bertz CT molecular complexity index is 1150. The van der Waals surface area contributed by atoms with Gasteiger partial charge in [0.1, 0.15) is 17.5 Å². The number of rotatable bonds is 7. The molecule has 0 atom stereocenters. The van der Waals surface area contributed by atoms with Crippen LogP contribution >= 0.6 is 11.6 Å². The first kappa shape index (κ1) is 25.6. The molecule has 0 aliphatic heterocycles. The topological polar surface area (TPSA) is 9.23 Å². The lowest BCUT2D eigenvalue weighted by Gasteiger charge is -2.33. The fraction of sp³-hybridized carbons (Fsp3) is 0.357. The van der Waals surface area contributed by atoms with Crippen LogP contribution < -0.4 is 0 Å². The Labute approximate surface area is 206 Å². The Morgan fingerprint density at radius 2 is 1.37 bits per heavy atom. The minimum absolute atomic E-state index is 0.000968. The first-order chi connectivity index (χ1) is 16.7. The molecule has 0 bridgehead atoms. The molecule has 0 radical (unpaired) electrons. The van der Waals surface area contributed by atoms with Crippen LogP contribution in [0.4, 0.5) is 22.0 Å². The van der Waals surface area contributed by atoms with Gasteiger partial charge in [0.15, 0.2) is 0 Å². The summed E-state index contributed by atoms with van der Waals surface area (Å²) in [5, 5.41) is -0.000968. The molecular formula is C28H26ClF5O. The van der Waals surface area contributed by atoms with E-state index in [2.05, 4.69) is 0 Å². The zero-order valence-electron chi connectivity index (χ0n) is 19.3. The third kappa shape index (κ3) is 5.87. The quantitative estimate of drug-likeness (QED) is 0.290. The highest BCUT2D eigenvalue weighted by Gasteiger charge is 2.41. The molecule has 1 fully saturated rings. The molecule has 3 aromatic carbocycles. The summed E-state index contributed by atoms with van der Waals surface area (Å²) in [4.78, 5) is 0. The molecule has 0 N–H and O–H groups in total. The second kappa shape index (κ2) is 10.7. The first-order valence-electron chi connectivity index (χ1n) is 11.6. The second-order valence-electron chi connectivity index (χ2n) is 9.25. The zero-order chi connectivity index (χ0) is 25.2. The number of ether oxygens (including phenoxy) is 1. The van der Waals surface area contributed by atoms with E-state index in [9.17, 15) is 22.0 Å². The predicted molar refractivity (Wildman–Crippen MR) is 128 cm³/mol. The second-order valence-corrected chi connectivity index (χ2v) is 9.66. The lowest BCUT2D eigenvalue weighted by molar-refractivity contribution is -0.0769. The van der Waals surface area contributed by atoms with Crippen molar-refractivity contribution in [2.45, 2.75) is 38.0 Å². The van der Waals surface area contributed by atoms with E-state index in [1.807, 2.05) is 0 Å². The Hall–Kier alpha value is -2.44. The molecular weight excluding hydrogens is 483 g/mol. The summed E-state index contributed by atoms with van der Waals surface area (Å²) in [5.74, 6) is -5.94. The minimum atomic E-state index is -3.05. The SMILES string of the molecule is COCC1CCC(C(F)(F)Cc2cc(F)c(-c3ccc(-c4ccc(Cl)c(F)c4)cc3)c(F)c2)CC1. The van der Waals surface area contributed by atoms with Gasteiger partial charge in [-0.1, -0.05) is 41.9 Å². The number of halogens is 6. The number of methoxy groups -OCH3 is 1. The third-order valence-corrected chi connectivity index (χ3v) is 7.12. The van der Waals surface area contributed by atoms with Crippen molar-refractivity contribution in [3.05, 3.63) is 82.6 Å². The van der Waals surface area contributed by atoms with Crippen LogP contribution in [-0.2, 0) is 11.2 Å². The molecule has 0 saturated heterocycles. The van der Waals surface area contributed by atoms with Crippen molar-refractivity contribution in [3.8, 4) is 22.3 Å². The molecule has 0 unspecified atom stereocenters. The fourth-order valence-corrected chi connectivity index (χ4v) is 5.03. The molecule has 0 heterocycles. The van der Waals surface area contributed by atoms with E-state index in [-0.39, 0.29) is 27.6 Å². The molecule has 1 aliphatic carbocycles. The summed E-state index contributed by atoms with van der Waals surface area (Å²) in [7, 11) is 1.60. The Balaban J connectivity index is 1.50. The van der Waals surface area contributed by atoms with E-state index >= 15 is 0 Å². The number of hydrogen-bond donors (Lipinski definition) is 0. The van der Waals surface area contributed by atoms with Gasteiger partial charge in [-0.15, -0.1) is 0 Å². The molecule has 3 aromatic rings. The van der Waals surface area contributed by atoms with Gasteiger partial charge in [-0.05, 0) is 78.1 Å². The maximum atomic E-state index is 14.9. The van der Waals surface area contributed by atoms with Gasteiger partial charge in [0.2, 0.25) is 0 Å². The van der Waals surface area contributed by atoms with E-state index in [4.69, 9.17) is 16.3 Å². The lowest BCUT2D eigenvalue weighted by Crippen LogP contribution is -2.34. The van der Waals surface area contributed by atoms with Crippen LogP contribution in [-0.4, -0.2) is 19.6 Å². The summed E-state index contributed by atoms with van der Waals surface area (Å²) in [6.45, 7) is 0.563. The van der Waals surface area contributed by atoms with E-state index < -0.39 is 35.7 Å². The van der Waals surface area contributed by atoms with Crippen LogP contribution in [0.2, 0.25) is 5.02 Å². The van der Waals surface area contributed by atoms with Crippen LogP contribution in [0.25, 0.3) is 22.3 Å². The van der Waals surface area contributed by atoms with Crippen molar-refractivity contribution in [3.63, 3.8) is 0 Å². The van der Waals surface area contributed by atoms with Gasteiger partial charge in [0.05, 0.1) is 10.6 Å². The summed E-state index contributed by atoms with van der Waals surface area (Å²) in [5.41, 5.74) is 1.11. The van der Waals surface area contributed by atoms with Crippen molar-refractivity contribution < 1.29 is 26.7 Å². The van der Waals surface area contributed by atoms with Gasteiger partial charge in [0, 0.05) is 26.1 Å². The van der Waals surface area contributed by atoms with Gasteiger partial charge < -0.3 is 4.74 Å². The summed E-state index contributed by atoms with van der Waals surface area (Å²) in [6.07, 6.45) is 1.35. The highest BCUT2D eigenvalue weighted by molar-refractivity contribution is 6.30. The van der Waals surface area contributed by atoms with Crippen molar-refractivity contribution >= 4 is 11.6 Å². The van der Waals surface area contributed by atoms with E-state index in [0.717, 1.165) is 12.1 Å². The van der Waals surface area contributed by atoms with Gasteiger partial charge in [0.25, 0.3) is 5.92 Å². The summed E-state index contributed by atoms with van der Waals surface area (Å²) < 4.78 is 78.6. The molecule has 0 spiro atoms. The van der Waals surface area contributed by atoms with Crippen LogP contribution in [0.3, 0.4) is 0 Å². The van der Waals surface area contributed by atoms with Crippen LogP contribution in [0.5, 0.6) is 0 Å². The molecule has 186 valence electrons. The van der Waals surface area contributed by atoms with Crippen LogP contribution in [0, 0.1) is 29.3 Å². The molecule has 1 nitrogen and oxygen atoms in total. The molecule has 0 aromatic heterocycles. The molecule has 4 rings (SSSR count). The fourth-order valence-electron chi connectivity index (χ4n) is 4.91. The maximum absolute atomic E-state index is 14.9. The van der Waals surface area contributed by atoms with E-state index in [1.165, 1.54) is 24.3 Å². The molecule has 1 aliphatic rings. The first-order valence-corrected chi connectivity index (χ1v) is 12.0. The summed E-state index contributed by atoms with van der Waals surface area (Å²) >= 11 is 5.71. The Morgan fingerprint density at radius 1 is 0.800 bits per heavy atom. The normalized spacial score (nSPS) is 18.6. The predicted octanol–water partition coefficient (Wildman–Crippen LogP) is 8.72. The average molecular weight is 509 g/mol. The Kier molecular flexibility index (Phi) is 7.82. The maximum Gasteiger partial charge on any atom is 0.254 e. The molecule has 0 amide bonds. The molecule has 7 heteroatoms. The third-order valence-electron chi connectivity index (χ3n) is 6.81. The van der Waals surface area contributed by atoms with E-state index in [0.29, 0.717) is 43.4 Å². The largest absolute Gasteiger partial charge is 0.384 e. The van der Waals surface area contributed by atoms with Crippen molar-refractivity contribution in [2.24, 2.45) is 11.8 Å².